The fourth-order valence-corrected chi connectivity index (χ4v) is 4.77. The molecule has 4 rings (SSSR count). The Balaban J connectivity index is 1.59. The van der Waals surface area contributed by atoms with E-state index < -0.39 is 0 Å². The molecule has 5 nitrogen and oxygen atoms in total. The van der Waals surface area contributed by atoms with E-state index in [4.69, 9.17) is 0 Å². The van der Waals surface area contributed by atoms with E-state index in [-0.39, 0.29) is 24.2 Å². The van der Waals surface area contributed by atoms with E-state index in [2.05, 4.69) is 35.8 Å². The Hall–Kier alpha value is -2.40. The number of Topliss-reactive ketones (excluding diaryl/α,β-unsaturated/α-hetero) is 1. The van der Waals surface area contributed by atoms with E-state index in [1.165, 1.54) is 5.56 Å². The van der Waals surface area contributed by atoms with Gasteiger partial charge in [0.15, 0.2) is 5.78 Å². The number of piperidine rings is 1. The number of amides is 1. The van der Waals surface area contributed by atoms with Crippen molar-refractivity contribution < 1.29 is 14.7 Å². The topological polar surface area (TPSA) is 62.5 Å². The molecule has 0 spiro atoms. The van der Waals surface area contributed by atoms with E-state index in [9.17, 15) is 14.7 Å². The number of rotatable bonds is 5. The number of likely N-dealkylation sites (tertiary alicyclic amines) is 1. The molecule has 0 bridgehead atoms. The number of aliphatic hydroxyl groups is 1. The second-order valence-electron chi connectivity index (χ2n) is 8.34. The number of carbonyl (C=O) groups is 2. The van der Waals surface area contributed by atoms with Crippen molar-refractivity contribution in [3.63, 3.8) is 0 Å². The highest BCUT2D eigenvalue weighted by Crippen LogP contribution is 2.31. The highest BCUT2D eigenvalue weighted by Gasteiger charge is 2.30. The third kappa shape index (κ3) is 4.15. The standard InChI is InChI=1S/C24H30N2O3/c1-17-20(16-23(29)25-13-11-19(27)12-14-25)24-21(8-5-9-22(24)28)26(17)15-10-18-6-3-2-4-7-18/h2-4,6-7,19,27H,5,8-16H2,1H3. The molecule has 0 radical (unpaired) electrons. The van der Waals surface area contributed by atoms with Crippen LogP contribution < -0.4 is 0 Å². The fourth-order valence-electron chi connectivity index (χ4n) is 4.77. The number of ketones is 1. The smallest absolute Gasteiger partial charge is 0.227 e. The average Bonchev–Trinajstić information content (AvgIpc) is 3.00. The molecule has 1 amide bonds. The second kappa shape index (κ2) is 8.54. The molecule has 1 aliphatic carbocycles. The lowest BCUT2D eigenvalue weighted by molar-refractivity contribution is -0.132. The molecule has 2 aliphatic rings. The molecule has 29 heavy (non-hydrogen) atoms. The molecule has 1 aromatic heterocycles. The molecule has 5 heteroatoms. The van der Waals surface area contributed by atoms with Gasteiger partial charge >= 0.3 is 0 Å². The lowest BCUT2D eigenvalue weighted by Gasteiger charge is -2.29. The summed E-state index contributed by atoms with van der Waals surface area (Å²) in [7, 11) is 0. The van der Waals surface area contributed by atoms with Crippen LogP contribution in [0.2, 0.25) is 0 Å². The molecular weight excluding hydrogens is 364 g/mol. The lowest BCUT2D eigenvalue weighted by atomic mass is 9.91. The summed E-state index contributed by atoms with van der Waals surface area (Å²) in [5.41, 5.74) is 5.19. The quantitative estimate of drug-likeness (QED) is 0.848. The van der Waals surface area contributed by atoms with Crippen LogP contribution in [0.15, 0.2) is 30.3 Å². The summed E-state index contributed by atoms with van der Waals surface area (Å²) in [6.07, 6.45) is 4.54. The van der Waals surface area contributed by atoms with Crippen LogP contribution in [0.25, 0.3) is 0 Å². The minimum absolute atomic E-state index is 0.0707. The van der Waals surface area contributed by atoms with Gasteiger partial charge in [0.05, 0.1) is 12.5 Å². The van der Waals surface area contributed by atoms with Crippen molar-refractivity contribution in [2.45, 2.75) is 64.5 Å². The number of aryl methyl sites for hydroxylation is 1. The lowest BCUT2D eigenvalue weighted by Crippen LogP contribution is -2.41. The van der Waals surface area contributed by atoms with Crippen LogP contribution in [-0.2, 0) is 30.6 Å². The van der Waals surface area contributed by atoms with Crippen molar-refractivity contribution in [3.8, 4) is 0 Å². The average molecular weight is 395 g/mol. The van der Waals surface area contributed by atoms with Crippen LogP contribution in [-0.4, -0.2) is 45.5 Å². The third-order valence-electron chi connectivity index (χ3n) is 6.47. The third-order valence-corrected chi connectivity index (χ3v) is 6.47. The normalized spacial score (nSPS) is 17.4. The van der Waals surface area contributed by atoms with Gasteiger partial charge in [-0.1, -0.05) is 30.3 Å². The van der Waals surface area contributed by atoms with Crippen molar-refractivity contribution in [3.05, 3.63) is 58.4 Å². The first kappa shape index (κ1) is 19.9. The molecule has 0 atom stereocenters. The molecule has 1 N–H and O–H groups in total. The fraction of sp³-hybridized carbons (Fsp3) is 0.500. The number of hydrogen-bond acceptors (Lipinski definition) is 3. The molecule has 0 unspecified atom stereocenters. The van der Waals surface area contributed by atoms with E-state index in [1.54, 1.807) is 0 Å². The van der Waals surface area contributed by atoms with Crippen molar-refractivity contribution in [2.24, 2.45) is 0 Å². The van der Waals surface area contributed by atoms with Gasteiger partial charge in [-0.25, -0.2) is 0 Å². The van der Waals surface area contributed by atoms with Crippen LogP contribution in [0.3, 0.4) is 0 Å². The minimum atomic E-state index is -0.297. The number of carbonyl (C=O) groups excluding carboxylic acids is 2. The van der Waals surface area contributed by atoms with Gasteiger partial charge in [0.25, 0.3) is 0 Å². The van der Waals surface area contributed by atoms with Gasteiger partial charge in [0, 0.05) is 43.0 Å². The number of aromatic nitrogens is 1. The number of nitrogens with zero attached hydrogens (tertiary/aromatic N) is 2. The zero-order valence-electron chi connectivity index (χ0n) is 17.2. The first-order valence-electron chi connectivity index (χ1n) is 10.8. The van der Waals surface area contributed by atoms with E-state index in [1.807, 2.05) is 11.0 Å². The van der Waals surface area contributed by atoms with Crippen LogP contribution in [0.4, 0.5) is 0 Å². The van der Waals surface area contributed by atoms with E-state index in [0.29, 0.717) is 32.4 Å². The number of benzene rings is 1. The Morgan fingerprint density at radius 2 is 1.86 bits per heavy atom. The van der Waals surface area contributed by atoms with Crippen LogP contribution in [0.5, 0.6) is 0 Å². The Morgan fingerprint density at radius 3 is 2.59 bits per heavy atom. The Morgan fingerprint density at radius 1 is 1.14 bits per heavy atom. The van der Waals surface area contributed by atoms with Crippen molar-refractivity contribution in [1.29, 1.82) is 0 Å². The second-order valence-corrected chi connectivity index (χ2v) is 8.34. The summed E-state index contributed by atoms with van der Waals surface area (Å²) in [6, 6.07) is 10.4. The zero-order chi connectivity index (χ0) is 20.4. The summed E-state index contributed by atoms with van der Waals surface area (Å²) < 4.78 is 2.28. The van der Waals surface area contributed by atoms with Gasteiger partial charge in [-0.2, -0.15) is 0 Å². The van der Waals surface area contributed by atoms with Gasteiger partial charge in [0.2, 0.25) is 5.91 Å². The Kier molecular flexibility index (Phi) is 5.86. The summed E-state index contributed by atoms with van der Waals surface area (Å²) in [4.78, 5) is 27.5. The predicted octanol–water partition coefficient (Wildman–Crippen LogP) is 3.08. The Labute approximate surface area is 172 Å². The van der Waals surface area contributed by atoms with Crippen molar-refractivity contribution in [2.75, 3.05) is 13.1 Å². The molecule has 1 fully saturated rings. The first-order chi connectivity index (χ1) is 14.0. The number of hydrogen-bond donors (Lipinski definition) is 1. The maximum absolute atomic E-state index is 12.9. The number of fused-ring (bicyclic) bond motifs is 1. The van der Waals surface area contributed by atoms with E-state index >= 15 is 0 Å². The van der Waals surface area contributed by atoms with Crippen LogP contribution in [0, 0.1) is 6.92 Å². The first-order valence-corrected chi connectivity index (χ1v) is 10.8. The molecule has 154 valence electrons. The summed E-state index contributed by atoms with van der Waals surface area (Å²) in [5.74, 6) is 0.256. The molecule has 1 saturated heterocycles. The SMILES string of the molecule is Cc1c(CC(=O)N2CCC(O)CC2)c2c(n1CCc1ccccc1)CCCC2=O. The maximum atomic E-state index is 12.9. The molecule has 2 aromatic rings. The highest BCUT2D eigenvalue weighted by molar-refractivity contribution is 6.01. The molecule has 2 heterocycles. The van der Waals surface area contributed by atoms with Gasteiger partial charge in [0.1, 0.15) is 0 Å². The van der Waals surface area contributed by atoms with Gasteiger partial charge < -0.3 is 14.6 Å². The van der Waals surface area contributed by atoms with Gasteiger partial charge in [-0.3, -0.25) is 9.59 Å². The van der Waals surface area contributed by atoms with Crippen molar-refractivity contribution in [1.82, 2.24) is 9.47 Å². The van der Waals surface area contributed by atoms with Gasteiger partial charge in [-0.05, 0) is 50.2 Å². The monoisotopic (exact) mass is 394 g/mol. The predicted molar refractivity (Wildman–Crippen MR) is 112 cm³/mol. The van der Waals surface area contributed by atoms with Gasteiger partial charge in [-0.15, -0.1) is 0 Å². The van der Waals surface area contributed by atoms with E-state index in [0.717, 1.165) is 48.3 Å². The molecular formula is C24H30N2O3. The largest absolute Gasteiger partial charge is 0.393 e. The molecule has 0 saturated carbocycles. The zero-order valence-corrected chi connectivity index (χ0v) is 17.2. The summed E-state index contributed by atoms with van der Waals surface area (Å²) in [5, 5.41) is 9.71. The highest BCUT2D eigenvalue weighted by atomic mass is 16.3. The van der Waals surface area contributed by atoms with Crippen LogP contribution >= 0.6 is 0 Å². The maximum Gasteiger partial charge on any atom is 0.227 e. The number of aliphatic hydroxyl groups excluding tert-OH is 1. The van der Waals surface area contributed by atoms with Crippen LogP contribution in [0.1, 0.15) is 58.6 Å². The molecule has 1 aromatic carbocycles. The minimum Gasteiger partial charge on any atom is -0.393 e. The molecule has 1 aliphatic heterocycles. The summed E-state index contributed by atoms with van der Waals surface area (Å²) >= 11 is 0. The summed E-state index contributed by atoms with van der Waals surface area (Å²) in [6.45, 7) is 4.09. The Bertz CT molecular complexity index is 893. The van der Waals surface area contributed by atoms with Crippen molar-refractivity contribution >= 4 is 11.7 Å².